The quantitative estimate of drug-likeness (QED) is 0.117. The molecule has 0 amide bonds. The molecule has 0 aliphatic rings. The van der Waals surface area contributed by atoms with Gasteiger partial charge in [-0.1, -0.05) is 261 Å². The fraction of sp³-hybridized carbons (Fsp3) is 0.647. The summed E-state index contributed by atoms with van der Waals surface area (Å²) in [4.78, 5) is 0. The van der Waals surface area contributed by atoms with Gasteiger partial charge in [-0.15, -0.1) is 23.0 Å². The molecule has 0 saturated carbocycles. The average molecular weight is 1270 g/mol. The van der Waals surface area contributed by atoms with Gasteiger partial charge < -0.3 is 48.8 Å². The largest absolute Gasteiger partial charge is 2.00 e. The van der Waals surface area contributed by atoms with E-state index < -0.39 is 0 Å². The predicted molar refractivity (Wildman–Crippen MR) is 336 cm³/mol. The van der Waals surface area contributed by atoms with Gasteiger partial charge in [-0.2, -0.15) is 0 Å². The van der Waals surface area contributed by atoms with Crippen molar-refractivity contribution in [3.63, 3.8) is 0 Å². The molecule has 0 aliphatic carbocycles. The van der Waals surface area contributed by atoms with Crippen LogP contribution in [0.4, 0.5) is 0 Å². The van der Waals surface area contributed by atoms with Crippen LogP contribution in [0.3, 0.4) is 0 Å². The second-order valence-electron chi connectivity index (χ2n) is 27.8. The Hall–Kier alpha value is -1.20. The van der Waals surface area contributed by atoms with Gasteiger partial charge in [0.25, 0.3) is 0 Å². The van der Waals surface area contributed by atoms with Gasteiger partial charge in [0.2, 0.25) is 0 Å². The maximum atomic E-state index is 11.7. The van der Waals surface area contributed by atoms with E-state index in [0.717, 1.165) is 22.3 Å². The summed E-state index contributed by atoms with van der Waals surface area (Å²) in [5.41, 5.74) is 8.70. The molecule has 0 aliphatic heterocycles. The molecule has 0 unspecified atom stereocenters. The number of hydrogen-bond donors (Lipinski definition) is 0. The Bertz CT molecular complexity index is 1910. The first-order chi connectivity index (χ1) is 35.2. The molecule has 4 aromatic rings. The van der Waals surface area contributed by atoms with Gasteiger partial charge in [0, 0.05) is 42.7 Å². The molecular formula is C68H114O10Sr2. The van der Waals surface area contributed by atoms with E-state index in [0.29, 0.717) is 39.6 Å². The molecule has 12 heteroatoms. The molecule has 4 rings (SSSR count). The summed E-state index contributed by atoms with van der Waals surface area (Å²) in [6, 6.07) is 22.8. The van der Waals surface area contributed by atoms with Gasteiger partial charge in [0.1, 0.15) is 0 Å². The molecule has 0 atom stereocenters. The number of benzene rings is 4. The first-order valence-corrected chi connectivity index (χ1v) is 27.5. The van der Waals surface area contributed by atoms with Crippen molar-refractivity contribution in [3.05, 3.63) is 117 Å². The van der Waals surface area contributed by atoms with E-state index in [4.69, 9.17) is 0 Å². The molecule has 0 bridgehead atoms. The summed E-state index contributed by atoms with van der Waals surface area (Å²) in [5.74, 6) is 0.594. The average Bonchev–Trinajstić information content (AvgIpc) is 3.28. The topological polar surface area (TPSA) is 148 Å². The molecule has 0 aromatic heterocycles. The molecule has 0 radical (unpaired) electrons. The van der Waals surface area contributed by atoms with E-state index in [1.807, 2.05) is 24.3 Å². The van der Waals surface area contributed by atoms with Crippen LogP contribution in [0, 0.1) is 0 Å². The summed E-state index contributed by atoms with van der Waals surface area (Å²) in [6.07, 6.45) is 0. The molecule has 0 saturated heterocycles. The van der Waals surface area contributed by atoms with E-state index in [1.54, 1.807) is 66.9 Å². The standard InChI is InChI=1S/4C14H22O.3C4H10O2.2Sr/c4*1-13(2,3)10-7-8-12(15)11(9-10)14(4,5)6;3*1-5-3-4-6-2;;/h4*7-9,15H,1-6H3;3*3-4H2,1-2H3;;/q;;;;;;;2*+2/p-4. The van der Waals surface area contributed by atoms with Crippen LogP contribution in [-0.2, 0) is 71.7 Å². The third-order valence-corrected chi connectivity index (χ3v) is 12.1. The molecule has 0 fully saturated rings. The van der Waals surface area contributed by atoms with Crippen molar-refractivity contribution in [2.75, 3.05) is 82.3 Å². The summed E-state index contributed by atoms with van der Waals surface area (Å²) >= 11 is 0. The summed E-state index contributed by atoms with van der Waals surface area (Å²) < 4.78 is 27.9. The summed E-state index contributed by atoms with van der Waals surface area (Å²) in [6.45, 7) is 55.1. The SMILES string of the molecule is CC(C)(C)c1ccc([O-])c(C(C)(C)C)c1.CC(C)(C)c1ccc([O-])c(C(C)(C)C)c1.CC(C)(C)c1ccc([O-])c(C(C)(C)C)c1.CC(C)(C)c1ccc([O-])c(C(C)(C)C)c1.COCCOC.COCCOC.COCCOC.[Sr+2].[Sr+2]. The minimum Gasteiger partial charge on any atom is -0.872 e. The van der Waals surface area contributed by atoms with Crippen LogP contribution in [0.1, 0.15) is 211 Å². The number of hydrogen-bond acceptors (Lipinski definition) is 10. The number of ether oxygens (including phenoxy) is 6. The second-order valence-corrected chi connectivity index (χ2v) is 27.8. The van der Waals surface area contributed by atoms with Gasteiger partial charge >= 0.3 is 91.0 Å². The first kappa shape index (κ1) is 87.6. The molecule has 0 spiro atoms. The van der Waals surface area contributed by atoms with Crippen molar-refractivity contribution in [1.29, 1.82) is 0 Å². The Balaban J connectivity index is -0.000000281. The van der Waals surface area contributed by atoms with Gasteiger partial charge in [0.05, 0.1) is 39.6 Å². The maximum Gasteiger partial charge on any atom is 2.00 e. The van der Waals surface area contributed by atoms with Crippen molar-refractivity contribution < 1.29 is 48.8 Å². The van der Waals surface area contributed by atoms with E-state index in [2.05, 4.69) is 219 Å². The van der Waals surface area contributed by atoms with E-state index in [1.165, 1.54) is 22.3 Å². The van der Waals surface area contributed by atoms with E-state index in [9.17, 15) is 20.4 Å². The summed E-state index contributed by atoms with van der Waals surface area (Å²) in [7, 11) is 9.91. The van der Waals surface area contributed by atoms with Gasteiger partial charge in [0.15, 0.2) is 0 Å². The van der Waals surface area contributed by atoms with Crippen LogP contribution in [0.25, 0.3) is 0 Å². The Kier molecular flexibility index (Phi) is 44.0. The third-order valence-electron chi connectivity index (χ3n) is 12.1. The van der Waals surface area contributed by atoms with Gasteiger partial charge in [-0.3, -0.25) is 0 Å². The Morgan fingerprint density at radius 2 is 0.362 bits per heavy atom. The molecule has 4 aromatic carbocycles. The van der Waals surface area contributed by atoms with Crippen LogP contribution in [0.2, 0.25) is 0 Å². The van der Waals surface area contributed by atoms with Crippen molar-refractivity contribution in [1.82, 2.24) is 0 Å². The van der Waals surface area contributed by atoms with Crippen molar-refractivity contribution >= 4 is 91.0 Å². The first-order valence-electron chi connectivity index (χ1n) is 27.5. The van der Waals surface area contributed by atoms with Crippen LogP contribution >= 0.6 is 0 Å². The van der Waals surface area contributed by atoms with Crippen molar-refractivity contribution in [3.8, 4) is 23.0 Å². The fourth-order valence-corrected chi connectivity index (χ4v) is 6.83. The zero-order chi connectivity index (χ0) is 61.9. The second kappa shape index (κ2) is 40.2. The van der Waals surface area contributed by atoms with Crippen LogP contribution < -0.4 is 20.4 Å². The predicted octanol–water partition coefficient (Wildman–Crippen LogP) is 13.5. The minimum atomic E-state index is -0.0711. The molecule has 80 heavy (non-hydrogen) atoms. The summed E-state index contributed by atoms with van der Waals surface area (Å²) in [5, 5.41) is 47.0. The van der Waals surface area contributed by atoms with Gasteiger partial charge in [-0.05, 0) is 65.6 Å². The van der Waals surface area contributed by atoms with Crippen LogP contribution in [0.5, 0.6) is 23.0 Å². The molecule has 0 heterocycles. The van der Waals surface area contributed by atoms with E-state index >= 15 is 0 Å². The number of methoxy groups -OCH3 is 6. The molecule has 450 valence electrons. The van der Waals surface area contributed by atoms with Crippen molar-refractivity contribution in [2.24, 2.45) is 0 Å². The van der Waals surface area contributed by atoms with Crippen LogP contribution in [0.15, 0.2) is 72.8 Å². The third kappa shape index (κ3) is 38.0. The Morgan fingerprint density at radius 3 is 0.450 bits per heavy atom. The van der Waals surface area contributed by atoms with Gasteiger partial charge in [-0.25, -0.2) is 0 Å². The monoisotopic (exact) mass is 1270 g/mol. The molecule has 10 nitrogen and oxygen atoms in total. The molecule has 0 N–H and O–H groups in total. The zero-order valence-corrected chi connectivity index (χ0v) is 63.6. The molecular weight excluding hydrogens is 1150 g/mol. The van der Waals surface area contributed by atoms with Crippen LogP contribution in [-0.4, -0.2) is 173 Å². The normalized spacial score (nSPS) is 11.7. The minimum absolute atomic E-state index is 0. The smallest absolute Gasteiger partial charge is 0.872 e. The fourth-order valence-electron chi connectivity index (χ4n) is 6.83. The van der Waals surface area contributed by atoms with Crippen molar-refractivity contribution in [2.45, 2.75) is 209 Å². The zero-order valence-electron chi connectivity index (χ0n) is 56.7. The Morgan fingerprint density at radius 1 is 0.237 bits per heavy atom. The number of rotatable bonds is 9. The maximum absolute atomic E-state index is 11.7. The van der Waals surface area contributed by atoms with E-state index in [-0.39, 0.29) is 157 Å². The Labute approximate surface area is 565 Å².